The van der Waals surface area contributed by atoms with Crippen molar-refractivity contribution in [2.24, 2.45) is 5.92 Å². The topological polar surface area (TPSA) is 29.5 Å². The zero-order valence-electron chi connectivity index (χ0n) is 12.2. The van der Waals surface area contributed by atoms with Crippen LogP contribution < -0.4 is 0 Å². The molecule has 1 N–H and O–H groups in total. The summed E-state index contributed by atoms with van der Waals surface area (Å²) in [4.78, 5) is -0.00654. The second-order valence-corrected chi connectivity index (χ2v) is 7.38. The smallest absolute Gasteiger partial charge is 0.134 e. The number of allylic oxidation sites excluding steroid dienone is 1. The summed E-state index contributed by atoms with van der Waals surface area (Å²) in [7, 11) is 1.69. The molecule has 2 aliphatic rings. The molecule has 0 aliphatic heterocycles. The highest BCUT2D eigenvalue weighted by Crippen LogP contribution is 2.51. The van der Waals surface area contributed by atoms with Crippen molar-refractivity contribution in [3.05, 3.63) is 34.4 Å². The number of ether oxygens (including phenoxy) is 1. The van der Waals surface area contributed by atoms with Gasteiger partial charge in [0.1, 0.15) is 11.5 Å². The third kappa shape index (κ3) is 3.23. The van der Waals surface area contributed by atoms with Crippen LogP contribution in [0.1, 0.15) is 51.5 Å². The molecule has 2 saturated carbocycles. The molecule has 3 rings (SSSR count). The maximum absolute atomic E-state index is 9.83. The normalized spacial score (nSPS) is 29.5. The largest absolute Gasteiger partial charge is 0.506 e. The van der Waals surface area contributed by atoms with Gasteiger partial charge in [-0.25, -0.2) is 0 Å². The SMILES string of the molecule is C.COC(=C1CCC2(Cl)CCCC1C2)c1ccc(Cl)c(O)c1. The van der Waals surface area contributed by atoms with E-state index in [0.717, 1.165) is 37.0 Å². The molecule has 2 atom stereocenters. The zero-order valence-corrected chi connectivity index (χ0v) is 13.7. The highest BCUT2D eigenvalue weighted by molar-refractivity contribution is 6.32. The number of halogens is 2. The number of hydrogen-bond donors (Lipinski definition) is 1. The minimum Gasteiger partial charge on any atom is -0.506 e. The van der Waals surface area contributed by atoms with E-state index >= 15 is 0 Å². The van der Waals surface area contributed by atoms with Gasteiger partial charge in [0, 0.05) is 10.4 Å². The first-order valence-corrected chi connectivity index (χ1v) is 8.23. The predicted molar refractivity (Wildman–Crippen MR) is 93.6 cm³/mol. The van der Waals surface area contributed by atoms with Crippen LogP contribution in [0.3, 0.4) is 0 Å². The van der Waals surface area contributed by atoms with Crippen LogP contribution in [0.4, 0.5) is 0 Å². The van der Waals surface area contributed by atoms with Crippen LogP contribution in [0.5, 0.6) is 5.75 Å². The molecule has 2 bridgehead atoms. The Kier molecular flexibility index (Phi) is 5.34. The fourth-order valence-corrected chi connectivity index (χ4v) is 4.32. The molecule has 0 heterocycles. The van der Waals surface area contributed by atoms with Gasteiger partial charge in [0.25, 0.3) is 0 Å². The average molecular weight is 343 g/mol. The van der Waals surface area contributed by atoms with Crippen molar-refractivity contribution in [1.29, 1.82) is 0 Å². The van der Waals surface area contributed by atoms with Crippen LogP contribution in [0, 0.1) is 5.92 Å². The second kappa shape index (κ2) is 6.72. The van der Waals surface area contributed by atoms with Crippen molar-refractivity contribution in [3.8, 4) is 5.75 Å². The molecule has 122 valence electrons. The summed E-state index contributed by atoms with van der Waals surface area (Å²) in [6, 6.07) is 5.29. The number of hydrogen-bond acceptors (Lipinski definition) is 2. The molecule has 0 spiro atoms. The lowest BCUT2D eigenvalue weighted by molar-refractivity contribution is 0.257. The molecule has 2 fully saturated rings. The highest BCUT2D eigenvalue weighted by Gasteiger charge is 2.41. The van der Waals surface area contributed by atoms with Gasteiger partial charge in [0.05, 0.1) is 12.1 Å². The van der Waals surface area contributed by atoms with Gasteiger partial charge >= 0.3 is 0 Å². The second-order valence-electron chi connectivity index (χ2n) is 6.17. The average Bonchev–Trinajstić information content (AvgIpc) is 2.45. The van der Waals surface area contributed by atoms with E-state index in [0.29, 0.717) is 10.9 Å². The molecule has 2 nitrogen and oxygen atoms in total. The third-order valence-corrected chi connectivity index (χ3v) is 5.68. The molecule has 2 unspecified atom stereocenters. The van der Waals surface area contributed by atoms with E-state index in [1.54, 1.807) is 19.2 Å². The number of benzene rings is 1. The van der Waals surface area contributed by atoms with Crippen molar-refractivity contribution in [3.63, 3.8) is 0 Å². The Labute approximate surface area is 143 Å². The molecule has 2 aliphatic carbocycles. The first-order chi connectivity index (χ1) is 10.0. The molecular formula is C18H24Cl2O2. The molecular weight excluding hydrogens is 319 g/mol. The number of phenolic OH excluding ortho intramolecular Hbond substituents is 1. The number of methoxy groups -OCH3 is 1. The van der Waals surface area contributed by atoms with Gasteiger partial charge in [-0.15, -0.1) is 11.6 Å². The third-order valence-electron chi connectivity index (χ3n) is 4.83. The van der Waals surface area contributed by atoms with Crippen LogP contribution in [-0.2, 0) is 4.74 Å². The quantitative estimate of drug-likeness (QED) is 0.527. The van der Waals surface area contributed by atoms with Crippen LogP contribution in [0.2, 0.25) is 5.02 Å². The summed E-state index contributed by atoms with van der Waals surface area (Å²) >= 11 is 12.6. The Balaban J connectivity index is 0.00000176. The van der Waals surface area contributed by atoms with Crippen LogP contribution in [-0.4, -0.2) is 17.1 Å². The molecule has 22 heavy (non-hydrogen) atoms. The van der Waals surface area contributed by atoms with Crippen LogP contribution in [0.15, 0.2) is 23.8 Å². The minimum atomic E-state index is -0.00654. The monoisotopic (exact) mass is 342 g/mol. The zero-order chi connectivity index (χ0) is 15.0. The molecule has 0 amide bonds. The Morgan fingerprint density at radius 1 is 1.36 bits per heavy atom. The van der Waals surface area contributed by atoms with Gasteiger partial charge < -0.3 is 9.84 Å². The lowest BCUT2D eigenvalue weighted by Crippen LogP contribution is -2.35. The number of alkyl halides is 1. The lowest BCUT2D eigenvalue weighted by Gasteiger charge is -2.43. The van der Waals surface area contributed by atoms with E-state index in [-0.39, 0.29) is 18.1 Å². The maximum Gasteiger partial charge on any atom is 0.134 e. The number of rotatable bonds is 2. The van der Waals surface area contributed by atoms with E-state index in [1.165, 1.54) is 18.4 Å². The van der Waals surface area contributed by atoms with E-state index in [9.17, 15) is 5.11 Å². The van der Waals surface area contributed by atoms with Crippen molar-refractivity contribution in [2.75, 3.05) is 7.11 Å². The van der Waals surface area contributed by atoms with Crippen molar-refractivity contribution >= 4 is 29.0 Å². The van der Waals surface area contributed by atoms with E-state index < -0.39 is 0 Å². The molecule has 1 aromatic carbocycles. The summed E-state index contributed by atoms with van der Waals surface area (Å²) in [5.41, 5.74) is 2.23. The Morgan fingerprint density at radius 2 is 2.14 bits per heavy atom. The summed E-state index contributed by atoms with van der Waals surface area (Å²) in [5, 5.41) is 10.2. The molecule has 0 radical (unpaired) electrons. The van der Waals surface area contributed by atoms with Crippen molar-refractivity contribution in [1.82, 2.24) is 0 Å². The van der Waals surface area contributed by atoms with E-state index in [4.69, 9.17) is 27.9 Å². The first-order valence-electron chi connectivity index (χ1n) is 7.47. The number of aromatic hydroxyl groups is 1. The van der Waals surface area contributed by atoms with Gasteiger partial charge in [-0.05, 0) is 61.8 Å². The summed E-state index contributed by atoms with van der Waals surface area (Å²) in [6.45, 7) is 0. The van der Waals surface area contributed by atoms with Crippen LogP contribution >= 0.6 is 23.2 Å². The van der Waals surface area contributed by atoms with E-state index in [2.05, 4.69) is 0 Å². The summed E-state index contributed by atoms with van der Waals surface area (Å²) in [5.74, 6) is 1.47. The van der Waals surface area contributed by atoms with Crippen molar-refractivity contribution in [2.45, 2.75) is 50.8 Å². The van der Waals surface area contributed by atoms with Gasteiger partial charge in [-0.2, -0.15) is 0 Å². The van der Waals surface area contributed by atoms with Crippen LogP contribution in [0.25, 0.3) is 5.76 Å². The predicted octanol–water partition coefficient (Wildman–Crippen LogP) is 6.00. The van der Waals surface area contributed by atoms with Gasteiger partial charge in [-0.3, -0.25) is 0 Å². The minimum absolute atomic E-state index is 0. The Hall–Kier alpha value is -0.860. The van der Waals surface area contributed by atoms with Gasteiger partial charge in [-0.1, -0.05) is 25.4 Å². The standard InChI is InChI=1S/C17H20Cl2O2.CH4/c1-21-16(11-4-5-14(18)15(20)9-11)13-6-8-17(19)7-2-3-12(13)10-17;/h4-5,9,12,20H,2-3,6-8,10H2,1H3;1H4. The maximum atomic E-state index is 9.83. The molecule has 0 saturated heterocycles. The number of fused-ring (bicyclic) bond motifs is 2. The summed E-state index contributed by atoms with van der Waals surface area (Å²) in [6.07, 6.45) is 6.50. The lowest BCUT2D eigenvalue weighted by atomic mass is 9.68. The van der Waals surface area contributed by atoms with Gasteiger partial charge in [0.15, 0.2) is 0 Å². The number of phenols is 1. The fraction of sp³-hybridized carbons (Fsp3) is 0.556. The van der Waals surface area contributed by atoms with Crippen molar-refractivity contribution < 1.29 is 9.84 Å². The molecule has 4 heteroatoms. The fourth-order valence-electron chi connectivity index (χ4n) is 3.79. The highest BCUT2D eigenvalue weighted by atomic mass is 35.5. The van der Waals surface area contributed by atoms with Gasteiger partial charge in [0.2, 0.25) is 0 Å². The Bertz CT molecular complexity index is 582. The summed E-state index contributed by atoms with van der Waals surface area (Å²) < 4.78 is 5.68. The molecule has 1 aromatic rings. The molecule has 0 aromatic heterocycles. The first kappa shape index (κ1) is 17.5. The van der Waals surface area contributed by atoms with E-state index in [1.807, 2.05) is 6.07 Å². The Morgan fingerprint density at radius 3 is 2.82 bits per heavy atom.